The number of hydrogen-bond acceptors (Lipinski definition) is 3. The fourth-order valence-corrected chi connectivity index (χ4v) is 1.98. The molecule has 1 fully saturated rings. The van der Waals surface area contributed by atoms with E-state index in [4.69, 9.17) is 9.84 Å². The third-order valence-corrected chi connectivity index (χ3v) is 2.63. The van der Waals surface area contributed by atoms with Crippen molar-refractivity contribution < 1.29 is 14.6 Å². The second kappa shape index (κ2) is 3.88. The molecule has 2 N–H and O–H groups in total. The molecule has 0 spiro atoms. The number of carboxylic acids is 1. The Kier molecular flexibility index (Phi) is 2.69. The number of aliphatic carboxylic acids is 1. The molecule has 0 bridgehead atoms. The molecule has 2 unspecified atom stereocenters. The maximum Gasteiger partial charge on any atom is 0.334 e. The van der Waals surface area contributed by atoms with Gasteiger partial charge in [-0.2, -0.15) is 0 Å². The summed E-state index contributed by atoms with van der Waals surface area (Å²) >= 11 is 0. The fraction of sp³-hybridized carbons (Fsp3) is 0.417. The standard InChI is InChI=1S/C12H15NO3/c1-12(2)13-9(10(16-12)11(14)15)8-6-4-3-5-7-8/h3-7,9-10,13H,1-2H3,(H,14,15). The molecule has 1 saturated heterocycles. The van der Waals surface area contributed by atoms with E-state index in [9.17, 15) is 4.79 Å². The summed E-state index contributed by atoms with van der Waals surface area (Å²) in [6, 6.07) is 9.19. The highest BCUT2D eigenvalue weighted by molar-refractivity contribution is 5.74. The first-order valence-corrected chi connectivity index (χ1v) is 5.23. The first kappa shape index (κ1) is 11.1. The maximum absolute atomic E-state index is 11.1. The lowest BCUT2D eigenvalue weighted by Gasteiger charge is -2.17. The van der Waals surface area contributed by atoms with Crippen LogP contribution in [0.1, 0.15) is 25.5 Å². The summed E-state index contributed by atoms with van der Waals surface area (Å²) in [6.07, 6.45) is -0.836. The van der Waals surface area contributed by atoms with Crippen molar-refractivity contribution in [1.82, 2.24) is 5.32 Å². The van der Waals surface area contributed by atoms with Crippen LogP contribution >= 0.6 is 0 Å². The van der Waals surface area contributed by atoms with Crippen LogP contribution in [0.4, 0.5) is 0 Å². The first-order valence-electron chi connectivity index (χ1n) is 5.23. The topological polar surface area (TPSA) is 58.6 Å². The van der Waals surface area contributed by atoms with Gasteiger partial charge in [0.15, 0.2) is 6.10 Å². The van der Waals surface area contributed by atoms with Gasteiger partial charge >= 0.3 is 5.97 Å². The average molecular weight is 221 g/mol. The van der Waals surface area contributed by atoms with Crippen molar-refractivity contribution >= 4 is 5.97 Å². The van der Waals surface area contributed by atoms with Crippen molar-refractivity contribution in [3.05, 3.63) is 35.9 Å². The number of benzene rings is 1. The summed E-state index contributed by atoms with van der Waals surface area (Å²) < 4.78 is 5.47. The molecule has 0 amide bonds. The lowest BCUT2D eigenvalue weighted by atomic mass is 10.0. The van der Waals surface area contributed by atoms with Gasteiger partial charge in [-0.15, -0.1) is 0 Å². The summed E-state index contributed by atoms with van der Waals surface area (Å²) in [5.41, 5.74) is 0.323. The Morgan fingerprint density at radius 1 is 1.38 bits per heavy atom. The van der Waals surface area contributed by atoms with Crippen LogP contribution in [0.2, 0.25) is 0 Å². The van der Waals surface area contributed by atoms with Gasteiger partial charge in [0.25, 0.3) is 0 Å². The second-order valence-electron chi connectivity index (χ2n) is 4.42. The highest BCUT2D eigenvalue weighted by Crippen LogP contribution is 2.31. The largest absolute Gasteiger partial charge is 0.479 e. The predicted octanol–water partition coefficient (Wildman–Crippen LogP) is 1.54. The van der Waals surface area contributed by atoms with Gasteiger partial charge in [-0.05, 0) is 19.4 Å². The first-order chi connectivity index (χ1) is 7.49. The minimum atomic E-state index is -0.938. The van der Waals surface area contributed by atoms with E-state index in [0.29, 0.717) is 0 Å². The molecular formula is C12H15NO3. The normalized spacial score (nSPS) is 27.9. The molecule has 0 aromatic heterocycles. The summed E-state index contributed by atoms with van der Waals surface area (Å²) in [5, 5.41) is 12.3. The summed E-state index contributed by atoms with van der Waals surface area (Å²) in [4.78, 5) is 11.1. The van der Waals surface area contributed by atoms with Crippen molar-refractivity contribution in [2.24, 2.45) is 0 Å². The quantitative estimate of drug-likeness (QED) is 0.795. The number of carbonyl (C=O) groups is 1. The third kappa shape index (κ3) is 2.08. The van der Waals surface area contributed by atoms with Crippen LogP contribution in [0.3, 0.4) is 0 Å². The summed E-state index contributed by atoms with van der Waals surface area (Å²) in [7, 11) is 0. The van der Waals surface area contributed by atoms with E-state index in [-0.39, 0.29) is 6.04 Å². The van der Waals surface area contributed by atoms with E-state index in [1.54, 1.807) is 0 Å². The zero-order valence-electron chi connectivity index (χ0n) is 9.31. The molecule has 1 aliphatic rings. The predicted molar refractivity (Wildman–Crippen MR) is 58.9 cm³/mol. The van der Waals surface area contributed by atoms with Crippen LogP contribution in [-0.2, 0) is 9.53 Å². The van der Waals surface area contributed by atoms with Gasteiger partial charge in [0.1, 0.15) is 5.72 Å². The van der Waals surface area contributed by atoms with Gasteiger partial charge in [0.2, 0.25) is 0 Å². The minimum Gasteiger partial charge on any atom is -0.479 e. The van der Waals surface area contributed by atoms with Crippen molar-refractivity contribution in [1.29, 1.82) is 0 Å². The zero-order valence-corrected chi connectivity index (χ0v) is 9.31. The van der Waals surface area contributed by atoms with Gasteiger partial charge in [-0.3, -0.25) is 5.32 Å². The Balaban J connectivity index is 2.29. The van der Waals surface area contributed by atoms with Crippen molar-refractivity contribution in [3.63, 3.8) is 0 Å². The molecule has 2 rings (SSSR count). The smallest absolute Gasteiger partial charge is 0.334 e. The number of hydrogen-bond donors (Lipinski definition) is 2. The molecule has 0 radical (unpaired) electrons. The molecular weight excluding hydrogens is 206 g/mol. The highest BCUT2D eigenvalue weighted by atomic mass is 16.6. The molecule has 1 aliphatic heterocycles. The monoisotopic (exact) mass is 221 g/mol. The van der Waals surface area contributed by atoms with Crippen LogP contribution in [0.25, 0.3) is 0 Å². The van der Waals surface area contributed by atoms with E-state index >= 15 is 0 Å². The van der Waals surface area contributed by atoms with Gasteiger partial charge in [-0.1, -0.05) is 30.3 Å². The molecule has 4 heteroatoms. The highest BCUT2D eigenvalue weighted by Gasteiger charge is 2.44. The molecule has 4 nitrogen and oxygen atoms in total. The Bertz CT molecular complexity index is 389. The van der Waals surface area contributed by atoms with E-state index in [2.05, 4.69) is 5.32 Å². The van der Waals surface area contributed by atoms with Crippen LogP contribution < -0.4 is 5.32 Å². The molecule has 1 aromatic carbocycles. The van der Waals surface area contributed by atoms with E-state index in [0.717, 1.165) is 5.56 Å². The molecule has 2 atom stereocenters. The third-order valence-electron chi connectivity index (χ3n) is 2.63. The molecule has 0 aliphatic carbocycles. The Morgan fingerprint density at radius 2 is 2.00 bits per heavy atom. The van der Waals surface area contributed by atoms with Crippen molar-refractivity contribution in [3.8, 4) is 0 Å². The molecule has 1 aromatic rings. The second-order valence-corrected chi connectivity index (χ2v) is 4.42. The van der Waals surface area contributed by atoms with Crippen LogP contribution in [-0.4, -0.2) is 22.9 Å². The van der Waals surface area contributed by atoms with Gasteiger partial charge in [0, 0.05) is 0 Å². The van der Waals surface area contributed by atoms with Crippen LogP contribution in [0.5, 0.6) is 0 Å². The summed E-state index contributed by atoms with van der Waals surface area (Å²) in [6.45, 7) is 3.65. The molecule has 16 heavy (non-hydrogen) atoms. The summed E-state index contributed by atoms with van der Waals surface area (Å²) in [5.74, 6) is -0.938. The lowest BCUT2D eigenvalue weighted by molar-refractivity contribution is -0.153. The van der Waals surface area contributed by atoms with Gasteiger partial charge < -0.3 is 9.84 Å². The maximum atomic E-state index is 11.1. The Morgan fingerprint density at radius 3 is 2.56 bits per heavy atom. The molecule has 86 valence electrons. The number of ether oxygens (including phenoxy) is 1. The SMILES string of the molecule is CC1(C)NC(c2ccccc2)C(C(=O)O)O1. The van der Waals surface area contributed by atoms with Crippen molar-refractivity contribution in [2.75, 3.05) is 0 Å². The number of rotatable bonds is 2. The van der Waals surface area contributed by atoms with Crippen LogP contribution in [0, 0.1) is 0 Å². The molecule has 1 heterocycles. The Hall–Kier alpha value is -1.39. The minimum absolute atomic E-state index is 0.298. The van der Waals surface area contributed by atoms with Crippen molar-refractivity contribution in [2.45, 2.75) is 31.7 Å². The van der Waals surface area contributed by atoms with E-state index in [1.165, 1.54) is 0 Å². The van der Waals surface area contributed by atoms with E-state index < -0.39 is 17.8 Å². The van der Waals surface area contributed by atoms with Gasteiger partial charge in [0.05, 0.1) is 6.04 Å². The Labute approximate surface area is 94.2 Å². The fourth-order valence-electron chi connectivity index (χ4n) is 1.98. The number of carboxylic acid groups (broad SMARTS) is 1. The van der Waals surface area contributed by atoms with E-state index in [1.807, 2.05) is 44.2 Å². The number of nitrogens with one attached hydrogen (secondary N) is 1. The lowest BCUT2D eigenvalue weighted by Crippen LogP contribution is -2.34. The van der Waals surface area contributed by atoms with Crippen LogP contribution in [0.15, 0.2) is 30.3 Å². The zero-order chi connectivity index (χ0) is 11.8. The molecule has 0 saturated carbocycles. The average Bonchev–Trinajstić information content (AvgIpc) is 2.56. The van der Waals surface area contributed by atoms with Gasteiger partial charge in [-0.25, -0.2) is 4.79 Å².